The van der Waals surface area contributed by atoms with E-state index in [-0.39, 0.29) is 18.7 Å². The van der Waals surface area contributed by atoms with E-state index >= 15 is 0 Å². The number of hydroxylamine groups is 1. The second kappa shape index (κ2) is 6.15. The molecule has 2 aliphatic rings. The first-order chi connectivity index (χ1) is 11.7. The molecule has 0 aromatic heterocycles. The number of aliphatic imine (C=N–C) groups is 1. The number of halogens is 5. The Morgan fingerprint density at radius 3 is 2.60 bits per heavy atom. The Balaban J connectivity index is 1.99. The van der Waals surface area contributed by atoms with E-state index in [1.54, 1.807) is 0 Å². The molecule has 1 atom stereocenters. The predicted molar refractivity (Wildman–Crippen MR) is 73.8 cm³/mol. The van der Waals surface area contributed by atoms with Crippen LogP contribution in [0.5, 0.6) is 0 Å². The highest BCUT2D eigenvalue weighted by Crippen LogP contribution is 2.36. The van der Waals surface area contributed by atoms with Crippen LogP contribution in [0, 0.1) is 5.82 Å². The Labute approximate surface area is 142 Å². The fourth-order valence-electron chi connectivity index (χ4n) is 2.25. The second-order valence-electron chi connectivity index (χ2n) is 4.95. The molecule has 1 aromatic carbocycles. The standard InChI is InChI=1S/C13H8ClF4N3O4/c14-9(22)7-2-1-6(5-8(7)15)10-19-11(13(16,17)18)25-21(10)20-3-4-24-12(20)23/h1-2,5,10H,3-4H2. The van der Waals surface area contributed by atoms with Gasteiger partial charge in [-0.3, -0.25) is 4.79 Å². The lowest BCUT2D eigenvalue weighted by Gasteiger charge is -2.27. The van der Waals surface area contributed by atoms with E-state index in [2.05, 4.69) is 14.6 Å². The van der Waals surface area contributed by atoms with E-state index in [1.807, 2.05) is 0 Å². The summed E-state index contributed by atoms with van der Waals surface area (Å²) in [5.74, 6) is -2.65. The van der Waals surface area contributed by atoms with Gasteiger partial charge < -0.3 is 9.57 Å². The molecular weight excluding hydrogens is 374 g/mol. The Kier molecular flexibility index (Phi) is 4.29. The third-order valence-corrected chi connectivity index (χ3v) is 3.56. The molecule has 7 nitrogen and oxygen atoms in total. The molecule has 25 heavy (non-hydrogen) atoms. The number of nitrogens with zero attached hydrogens (tertiary/aromatic N) is 3. The van der Waals surface area contributed by atoms with Gasteiger partial charge in [0.05, 0.1) is 12.1 Å². The minimum atomic E-state index is -4.92. The highest BCUT2D eigenvalue weighted by atomic mass is 35.5. The molecule has 0 N–H and O–H groups in total. The molecule has 0 saturated carbocycles. The molecular formula is C13H8ClF4N3O4. The predicted octanol–water partition coefficient (Wildman–Crippen LogP) is 2.78. The maximum atomic E-state index is 13.9. The summed E-state index contributed by atoms with van der Waals surface area (Å²) in [4.78, 5) is 30.7. The van der Waals surface area contributed by atoms with Gasteiger partial charge in [-0.05, 0) is 34.5 Å². The summed E-state index contributed by atoms with van der Waals surface area (Å²) >= 11 is 5.20. The van der Waals surface area contributed by atoms with E-state index in [1.165, 1.54) is 0 Å². The van der Waals surface area contributed by atoms with Gasteiger partial charge in [-0.15, -0.1) is 0 Å². The molecule has 12 heteroatoms. The molecule has 3 rings (SSSR count). The topological polar surface area (TPSA) is 71.4 Å². The van der Waals surface area contributed by atoms with Crippen molar-refractivity contribution in [3.63, 3.8) is 0 Å². The first-order valence-corrected chi connectivity index (χ1v) is 7.12. The molecule has 1 fully saturated rings. The number of hydrogen-bond donors (Lipinski definition) is 0. The SMILES string of the molecule is O=C(Cl)c1ccc(C2N=C(C(F)(F)F)ON2N2CCOC2=O)cc1F. The zero-order valence-corrected chi connectivity index (χ0v) is 12.8. The van der Waals surface area contributed by atoms with Crippen LogP contribution in [0.4, 0.5) is 22.4 Å². The Hall–Kier alpha value is -2.40. The quantitative estimate of drug-likeness (QED) is 0.595. The van der Waals surface area contributed by atoms with Crippen LogP contribution < -0.4 is 0 Å². The summed E-state index contributed by atoms with van der Waals surface area (Å²) in [5.41, 5.74) is -0.533. The smallest absolute Gasteiger partial charge is 0.446 e. The molecule has 1 unspecified atom stereocenters. The molecule has 0 bridgehead atoms. The second-order valence-corrected chi connectivity index (χ2v) is 5.29. The van der Waals surface area contributed by atoms with Gasteiger partial charge in [0.15, 0.2) is 6.17 Å². The largest absolute Gasteiger partial charge is 0.470 e. The third-order valence-electron chi connectivity index (χ3n) is 3.35. The van der Waals surface area contributed by atoms with E-state index in [4.69, 9.17) is 11.6 Å². The summed E-state index contributed by atoms with van der Waals surface area (Å²) in [6.07, 6.45) is -7.35. The van der Waals surface area contributed by atoms with Gasteiger partial charge in [-0.1, -0.05) is 6.07 Å². The molecule has 1 amide bonds. The van der Waals surface area contributed by atoms with Crippen LogP contribution in [0.2, 0.25) is 0 Å². The molecule has 1 aromatic rings. The molecule has 2 heterocycles. The molecule has 0 radical (unpaired) electrons. The number of carbonyl (C=O) groups excluding carboxylic acids is 2. The van der Waals surface area contributed by atoms with Crippen LogP contribution in [0.3, 0.4) is 0 Å². The van der Waals surface area contributed by atoms with Crippen molar-refractivity contribution in [3.8, 4) is 0 Å². The fourth-order valence-corrected chi connectivity index (χ4v) is 2.40. The van der Waals surface area contributed by atoms with Crippen LogP contribution in [0.15, 0.2) is 23.2 Å². The van der Waals surface area contributed by atoms with Gasteiger partial charge >= 0.3 is 18.2 Å². The summed E-state index contributed by atoms with van der Waals surface area (Å²) in [5, 5.41) is 0.256. The van der Waals surface area contributed by atoms with Crippen molar-refractivity contribution >= 4 is 28.8 Å². The third kappa shape index (κ3) is 3.24. The van der Waals surface area contributed by atoms with Crippen LogP contribution in [0.1, 0.15) is 22.1 Å². The van der Waals surface area contributed by atoms with Crippen LogP contribution in [0.25, 0.3) is 0 Å². The lowest BCUT2D eigenvalue weighted by molar-refractivity contribution is -0.226. The lowest BCUT2D eigenvalue weighted by atomic mass is 10.1. The van der Waals surface area contributed by atoms with Gasteiger partial charge in [0.25, 0.3) is 5.24 Å². The minimum absolute atomic E-state index is 0.0547. The molecule has 0 spiro atoms. The van der Waals surface area contributed by atoms with Crippen LogP contribution >= 0.6 is 11.6 Å². The number of ether oxygens (including phenoxy) is 1. The Bertz CT molecular complexity index is 770. The number of carbonyl (C=O) groups is 2. The molecule has 0 aliphatic carbocycles. The average Bonchev–Trinajstić information content (AvgIpc) is 3.11. The van der Waals surface area contributed by atoms with Crippen molar-refractivity contribution in [2.75, 3.05) is 13.2 Å². The summed E-state index contributed by atoms with van der Waals surface area (Å²) < 4.78 is 57.3. The zero-order valence-electron chi connectivity index (χ0n) is 12.1. The van der Waals surface area contributed by atoms with Crippen LogP contribution in [-0.4, -0.2) is 46.7 Å². The molecule has 134 valence electrons. The number of alkyl halides is 3. The molecule has 2 aliphatic heterocycles. The first kappa shape index (κ1) is 17.4. The van der Waals surface area contributed by atoms with Crippen molar-refractivity contribution in [1.29, 1.82) is 0 Å². The Morgan fingerprint density at radius 1 is 1.36 bits per heavy atom. The maximum Gasteiger partial charge on any atom is 0.470 e. The first-order valence-electron chi connectivity index (χ1n) is 6.74. The Morgan fingerprint density at radius 2 is 2.08 bits per heavy atom. The average molecular weight is 382 g/mol. The normalized spacial score (nSPS) is 21.2. The van der Waals surface area contributed by atoms with Crippen molar-refractivity contribution < 1.29 is 36.7 Å². The monoisotopic (exact) mass is 381 g/mol. The number of benzene rings is 1. The zero-order chi connectivity index (χ0) is 18.4. The van der Waals surface area contributed by atoms with E-state index in [0.717, 1.165) is 23.2 Å². The number of rotatable bonds is 3. The maximum absolute atomic E-state index is 13.9. The van der Waals surface area contributed by atoms with Crippen molar-refractivity contribution in [1.82, 2.24) is 10.2 Å². The number of hydrogen-bond acceptors (Lipinski definition) is 6. The van der Waals surface area contributed by atoms with Crippen molar-refractivity contribution in [2.45, 2.75) is 12.3 Å². The van der Waals surface area contributed by atoms with Crippen molar-refractivity contribution in [2.24, 2.45) is 4.99 Å². The van der Waals surface area contributed by atoms with Crippen molar-refractivity contribution in [3.05, 3.63) is 35.1 Å². The number of hydrazine groups is 1. The summed E-state index contributed by atoms with van der Waals surface area (Å²) in [6, 6.07) is 2.95. The lowest BCUT2D eigenvalue weighted by Crippen LogP contribution is -2.44. The molecule has 1 saturated heterocycles. The van der Waals surface area contributed by atoms with Gasteiger partial charge in [0, 0.05) is 0 Å². The minimum Gasteiger partial charge on any atom is -0.446 e. The van der Waals surface area contributed by atoms with Gasteiger partial charge in [0.1, 0.15) is 12.4 Å². The summed E-state index contributed by atoms with van der Waals surface area (Å²) in [6.45, 7) is -0.127. The van der Waals surface area contributed by atoms with Gasteiger partial charge in [-0.25, -0.2) is 19.2 Å². The highest BCUT2D eigenvalue weighted by molar-refractivity contribution is 6.67. The van der Waals surface area contributed by atoms with E-state index < -0.39 is 41.0 Å². The summed E-state index contributed by atoms with van der Waals surface area (Å²) in [7, 11) is 0. The van der Waals surface area contributed by atoms with Gasteiger partial charge in [-0.2, -0.15) is 13.2 Å². The van der Waals surface area contributed by atoms with Gasteiger partial charge in [0.2, 0.25) is 0 Å². The highest BCUT2D eigenvalue weighted by Gasteiger charge is 2.49. The fraction of sp³-hybridized carbons (Fsp3) is 0.308. The van der Waals surface area contributed by atoms with E-state index in [9.17, 15) is 27.2 Å². The van der Waals surface area contributed by atoms with E-state index in [0.29, 0.717) is 5.17 Å². The van der Waals surface area contributed by atoms with Crippen LogP contribution in [-0.2, 0) is 9.57 Å². The number of amides is 1. The number of cyclic esters (lactones) is 1.